The molecule has 0 radical (unpaired) electrons. The van der Waals surface area contributed by atoms with E-state index in [1.54, 1.807) is 0 Å². The van der Waals surface area contributed by atoms with Gasteiger partial charge in [0.05, 0.1) is 5.69 Å². The van der Waals surface area contributed by atoms with Crippen molar-refractivity contribution in [2.45, 2.75) is 25.8 Å². The van der Waals surface area contributed by atoms with Crippen molar-refractivity contribution in [3.05, 3.63) is 28.8 Å². The minimum absolute atomic E-state index is 0.665. The van der Waals surface area contributed by atoms with E-state index in [0.717, 1.165) is 15.9 Å². The molecular weight excluding hydrogens is 254 g/mol. The molecule has 0 unspecified atom stereocenters. The molecule has 2 aromatic heterocycles. The van der Waals surface area contributed by atoms with Gasteiger partial charge in [-0.1, -0.05) is 0 Å². The molecule has 2 aromatic rings. The molecule has 15 heavy (non-hydrogen) atoms. The number of nitrogens with one attached hydrogen (secondary N) is 1. The fourth-order valence-electron chi connectivity index (χ4n) is 1.80. The molecule has 0 aliphatic heterocycles. The number of nitrogens with zero attached hydrogens (tertiary/aromatic N) is 2. The van der Waals surface area contributed by atoms with Crippen molar-refractivity contribution in [1.82, 2.24) is 9.38 Å². The molecule has 2 heterocycles. The summed E-state index contributed by atoms with van der Waals surface area (Å²) < 4.78 is 3.03. The normalized spacial score (nSPS) is 15.9. The Bertz CT molecular complexity index is 514. The summed E-state index contributed by atoms with van der Waals surface area (Å²) in [7, 11) is 0. The molecule has 1 aliphatic rings. The van der Waals surface area contributed by atoms with Crippen LogP contribution in [0.4, 0.5) is 5.69 Å². The highest BCUT2D eigenvalue weighted by atomic mass is 79.9. The van der Waals surface area contributed by atoms with E-state index in [1.165, 1.54) is 18.5 Å². The monoisotopic (exact) mass is 265 g/mol. The number of hydrogen-bond acceptors (Lipinski definition) is 2. The molecule has 3 nitrogen and oxygen atoms in total. The van der Waals surface area contributed by atoms with Crippen LogP contribution in [-0.4, -0.2) is 15.4 Å². The Morgan fingerprint density at radius 1 is 1.53 bits per heavy atom. The van der Waals surface area contributed by atoms with E-state index in [9.17, 15) is 0 Å². The molecular formula is C11H12BrN3. The summed E-state index contributed by atoms with van der Waals surface area (Å²) in [4.78, 5) is 4.42. The van der Waals surface area contributed by atoms with Crippen molar-refractivity contribution in [1.29, 1.82) is 0 Å². The van der Waals surface area contributed by atoms with Gasteiger partial charge in [-0.3, -0.25) is 0 Å². The van der Waals surface area contributed by atoms with Crippen LogP contribution >= 0.6 is 15.9 Å². The molecule has 4 heteroatoms. The van der Waals surface area contributed by atoms with E-state index in [2.05, 4.69) is 42.8 Å². The third-order valence-electron chi connectivity index (χ3n) is 2.74. The van der Waals surface area contributed by atoms with Gasteiger partial charge in [-0.15, -0.1) is 0 Å². The van der Waals surface area contributed by atoms with Crippen LogP contribution in [-0.2, 0) is 0 Å². The lowest BCUT2D eigenvalue weighted by molar-refractivity contribution is 1.04. The second-order valence-corrected chi connectivity index (χ2v) is 4.76. The molecule has 0 amide bonds. The lowest BCUT2D eigenvalue weighted by Crippen LogP contribution is -2.02. The average Bonchev–Trinajstić information content (AvgIpc) is 2.96. The highest BCUT2D eigenvalue weighted by Crippen LogP contribution is 2.30. The second kappa shape index (κ2) is 3.23. The van der Waals surface area contributed by atoms with Crippen LogP contribution in [0.1, 0.15) is 18.7 Å². The number of hydrogen-bond donors (Lipinski definition) is 1. The zero-order chi connectivity index (χ0) is 10.4. The van der Waals surface area contributed by atoms with Crippen molar-refractivity contribution in [3.63, 3.8) is 0 Å². The molecule has 3 rings (SSSR count). The van der Waals surface area contributed by atoms with Crippen molar-refractivity contribution < 1.29 is 0 Å². The number of pyridine rings is 1. The maximum absolute atomic E-state index is 4.42. The van der Waals surface area contributed by atoms with Gasteiger partial charge in [0.15, 0.2) is 0 Å². The smallest absolute Gasteiger partial charge is 0.134 e. The number of aromatic nitrogens is 2. The first-order valence-corrected chi connectivity index (χ1v) is 5.95. The first-order chi connectivity index (χ1) is 7.25. The molecule has 1 N–H and O–H groups in total. The predicted octanol–water partition coefficient (Wildman–Crippen LogP) is 2.98. The van der Waals surface area contributed by atoms with E-state index >= 15 is 0 Å². The van der Waals surface area contributed by atoms with E-state index in [1.807, 2.05) is 13.1 Å². The molecule has 0 bridgehead atoms. The molecule has 0 saturated heterocycles. The highest BCUT2D eigenvalue weighted by Gasteiger charge is 2.22. The molecule has 1 fully saturated rings. The third kappa shape index (κ3) is 1.53. The minimum Gasteiger partial charge on any atom is -0.381 e. The summed E-state index contributed by atoms with van der Waals surface area (Å²) in [5, 5.41) is 3.52. The molecule has 0 spiro atoms. The Labute approximate surface area is 96.6 Å². The number of imidazole rings is 1. The van der Waals surface area contributed by atoms with Crippen LogP contribution in [0.25, 0.3) is 5.52 Å². The van der Waals surface area contributed by atoms with Crippen LogP contribution in [0.15, 0.2) is 22.9 Å². The topological polar surface area (TPSA) is 29.3 Å². The van der Waals surface area contributed by atoms with Gasteiger partial charge >= 0.3 is 0 Å². The summed E-state index contributed by atoms with van der Waals surface area (Å²) >= 11 is 3.51. The predicted molar refractivity (Wildman–Crippen MR) is 64.3 cm³/mol. The van der Waals surface area contributed by atoms with Gasteiger partial charge in [-0.05, 0) is 47.8 Å². The number of halogens is 1. The van der Waals surface area contributed by atoms with Crippen molar-refractivity contribution in [3.8, 4) is 0 Å². The zero-order valence-corrected chi connectivity index (χ0v) is 10.1. The first kappa shape index (κ1) is 9.21. The van der Waals surface area contributed by atoms with Gasteiger partial charge in [0, 0.05) is 12.2 Å². The molecule has 1 saturated carbocycles. The molecule has 0 atom stereocenters. The first-order valence-electron chi connectivity index (χ1n) is 5.15. The second-order valence-electron chi connectivity index (χ2n) is 4.01. The fraction of sp³-hybridized carbons (Fsp3) is 0.364. The Morgan fingerprint density at radius 2 is 2.33 bits per heavy atom. The van der Waals surface area contributed by atoms with Gasteiger partial charge in [0.2, 0.25) is 0 Å². The SMILES string of the molecule is Cc1nc(Br)c2c(NC3CC3)cccn12. The van der Waals surface area contributed by atoms with E-state index < -0.39 is 0 Å². The van der Waals surface area contributed by atoms with Gasteiger partial charge in [-0.2, -0.15) is 0 Å². The average molecular weight is 266 g/mol. The Morgan fingerprint density at radius 3 is 3.07 bits per heavy atom. The number of aryl methyl sites for hydroxylation is 1. The van der Waals surface area contributed by atoms with Crippen LogP contribution in [0.3, 0.4) is 0 Å². The summed E-state index contributed by atoms with van der Waals surface area (Å²) in [6.45, 7) is 2.01. The minimum atomic E-state index is 0.665. The Hall–Kier alpha value is -1.03. The number of anilines is 1. The number of fused-ring (bicyclic) bond motifs is 1. The Balaban J connectivity index is 2.18. The standard InChI is InChI=1S/C11H12BrN3/c1-7-13-11(12)10-9(14-8-4-5-8)3-2-6-15(7)10/h2-3,6,8,14H,4-5H2,1H3. The fourth-order valence-corrected chi connectivity index (χ4v) is 2.46. The van der Waals surface area contributed by atoms with Gasteiger partial charge in [-0.25, -0.2) is 4.98 Å². The van der Waals surface area contributed by atoms with Crippen molar-refractivity contribution in [2.75, 3.05) is 5.32 Å². The lowest BCUT2D eigenvalue weighted by atomic mass is 10.3. The van der Waals surface area contributed by atoms with Crippen LogP contribution < -0.4 is 5.32 Å². The quantitative estimate of drug-likeness (QED) is 0.905. The molecule has 78 valence electrons. The maximum Gasteiger partial charge on any atom is 0.134 e. The maximum atomic E-state index is 4.42. The Kier molecular flexibility index (Phi) is 1.99. The van der Waals surface area contributed by atoms with Crippen LogP contribution in [0.2, 0.25) is 0 Å². The van der Waals surface area contributed by atoms with Gasteiger partial charge in [0.1, 0.15) is 15.9 Å². The number of rotatable bonds is 2. The summed E-state index contributed by atoms with van der Waals surface area (Å²) in [6.07, 6.45) is 4.61. The summed E-state index contributed by atoms with van der Waals surface area (Å²) in [6, 6.07) is 4.83. The highest BCUT2D eigenvalue weighted by molar-refractivity contribution is 9.10. The van der Waals surface area contributed by atoms with Gasteiger partial charge < -0.3 is 9.72 Å². The zero-order valence-electron chi connectivity index (χ0n) is 8.50. The van der Waals surface area contributed by atoms with Crippen molar-refractivity contribution in [2.24, 2.45) is 0 Å². The van der Waals surface area contributed by atoms with Crippen molar-refractivity contribution >= 4 is 27.1 Å². The van der Waals surface area contributed by atoms with E-state index in [0.29, 0.717) is 6.04 Å². The van der Waals surface area contributed by atoms with Crippen LogP contribution in [0, 0.1) is 6.92 Å². The van der Waals surface area contributed by atoms with E-state index in [-0.39, 0.29) is 0 Å². The van der Waals surface area contributed by atoms with Crippen LogP contribution in [0.5, 0.6) is 0 Å². The lowest BCUT2D eigenvalue weighted by Gasteiger charge is -2.07. The largest absolute Gasteiger partial charge is 0.381 e. The summed E-state index contributed by atoms with van der Waals surface area (Å²) in [5.74, 6) is 1.01. The summed E-state index contributed by atoms with van der Waals surface area (Å²) in [5.41, 5.74) is 2.31. The third-order valence-corrected chi connectivity index (χ3v) is 3.29. The molecule has 1 aliphatic carbocycles. The van der Waals surface area contributed by atoms with E-state index in [4.69, 9.17) is 0 Å². The van der Waals surface area contributed by atoms with Gasteiger partial charge in [0.25, 0.3) is 0 Å². The molecule has 0 aromatic carbocycles.